The molecule has 0 fully saturated rings. The van der Waals surface area contributed by atoms with Crippen LogP contribution in [0, 0.1) is 0 Å². The van der Waals surface area contributed by atoms with E-state index < -0.39 is 0 Å². The van der Waals surface area contributed by atoms with Gasteiger partial charge in [0.1, 0.15) is 5.75 Å². The molecule has 3 aromatic carbocycles. The zero-order valence-corrected chi connectivity index (χ0v) is 11.6. The van der Waals surface area contributed by atoms with E-state index in [0.717, 1.165) is 22.3 Å². The van der Waals surface area contributed by atoms with Crippen LogP contribution in [0.25, 0.3) is 11.6 Å². The van der Waals surface area contributed by atoms with Crippen LogP contribution in [0.5, 0.6) is 5.75 Å². The molecule has 1 heteroatoms. The lowest BCUT2D eigenvalue weighted by Crippen LogP contribution is -1.88. The van der Waals surface area contributed by atoms with Gasteiger partial charge in [-0.1, -0.05) is 78.9 Å². The van der Waals surface area contributed by atoms with E-state index in [1.54, 1.807) is 6.07 Å². The van der Waals surface area contributed by atoms with E-state index in [9.17, 15) is 5.11 Å². The van der Waals surface area contributed by atoms with Gasteiger partial charge in [-0.3, -0.25) is 0 Å². The molecule has 0 unspecified atom stereocenters. The topological polar surface area (TPSA) is 20.2 Å². The maximum atomic E-state index is 10.0. The Morgan fingerprint density at radius 3 is 1.62 bits per heavy atom. The summed E-state index contributed by atoms with van der Waals surface area (Å²) in [6.45, 7) is 0. The standard InChI is InChI=1S/C20H16O/c21-20-14-8-7-13-18(20)15-19(16-9-3-1-4-10-16)17-11-5-2-6-12-17/h1-15,21H. The number of phenols is 1. The van der Waals surface area contributed by atoms with Crippen LogP contribution in [0.15, 0.2) is 84.9 Å². The van der Waals surface area contributed by atoms with Gasteiger partial charge in [-0.05, 0) is 28.8 Å². The van der Waals surface area contributed by atoms with Crippen LogP contribution in [0.4, 0.5) is 0 Å². The molecule has 0 saturated heterocycles. The lowest BCUT2D eigenvalue weighted by molar-refractivity contribution is 0.474. The Hall–Kier alpha value is -2.80. The largest absolute Gasteiger partial charge is 0.507 e. The van der Waals surface area contributed by atoms with Gasteiger partial charge in [0.25, 0.3) is 0 Å². The Bertz CT molecular complexity index is 702. The van der Waals surface area contributed by atoms with Crippen LogP contribution in [-0.2, 0) is 0 Å². The third kappa shape index (κ3) is 3.03. The number of aromatic hydroxyl groups is 1. The van der Waals surface area contributed by atoms with Gasteiger partial charge < -0.3 is 5.11 Å². The molecule has 0 radical (unpaired) electrons. The average Bonchev–Trinajstić information content (AvgIpc) is 2.56. The van der Waals surface area contributed by atoms with Crippen LogP contribution < -0.4 is 0 Å². The summed E-state index contributed by atoms with van der Waals surface area (Å²) in [5.74, 6) is 0.293. The Morgan fingerprint density at radius 1 is 0.619 bits per heavy atom. The maximum absolute atomic E-state index is 10.0. The molecule has 102 valence electrons. The van der Waals surface area contributed by atoms with E-state index in [4.69, 9.17) is 0 Å². The van der Waals surface area contributed by atoms with Gasteiger partial charge in [-0.2, -0.15) is 0 Å². The predicted molar refractivity (Wildman–Crippen MR) is 88.0 cm³/mol. The van der Waals surface area contributed by atoms with E-state index in [2.05, 4.69) is 24.3 Å². The molecular formula is C20H16O. The summed E-state index contributed by atoms with van der Waals surface area (Å²) in [6, 6.07) is 27.8. The first-order valence-electron chi connectivity index (χ1n) is 6.95. The number of hydrogen-bond acceptors (Lipinski definition) is 1. The molecule has 21 heavy (non-hydrogen) atoms. The molecule has 0 aromatic heterocycles. The highest BCUT2D eigenvalue weighted by Crippen LogP contribution is 2.28. The second-order valence-electron chi connectivity index (χ2n) is 4.85. The molecule has 3 aromatic rings. The molecule has 3 rings (SSSR count). The second kappa shape index (κ2) is 6.10. The molecule has 1 nitrogen and oxygen atoms in total. The van der Waals surface area contributed by atoms with E-state index in [0.29, 0.717) is 5.75 Å². The Labute approximate surface area is 124 Å². The lowest BCUT2D eigenvalue weighted by Gasteiger charge is -2.09. The molecule has 0 heterocycles. The van der Waals surface area contributed by atoms with Crippen molar-refractivity contribution in [3.8, 4) is 5.75 Å². The van der Waals surface area contributed by atoms with Crippen molar-refractivity contribution < 1.29 is 5.11 Å². The van der Waals surface area contributed by atoms with E-state index >= 15 is 0 Å². The van der Waals surface area contributed by atoms with E-state index in [1.807, 2.05) is 60.7 Å². The Morgan fingerprint density at radius 2 is 1.10 bits per heavy atom. The lowest BCUT2D eigenvalue weighted by atomic mass is 9.95. The molecule has 0 atom stereocenters. The van der Waals surface area contributed by atoms with Crippen LogP contribution in [-0.4, -0.2) is 5.11 Å². The number of rotatable bonds is 3. The summed E-state index contributed by atoms with van der Waals surface area (Å²) in [5.41, 5.74) is 4.18. The molecule has 0 amide bonds. The van der Waals surface area contributed by atoms with Gasteiger partial charge in [0, 0.05) is 5.56 Å². The maximum Gasteiger partial charge on any atom is 0.122 e. The first-order chi connectivity index (χ1) is 10.3. The van der Waals surface area contributed by atoms with Crippen molar-refractivity contribution in [2.75, 3.05) is 0 Å². The van der Waals surface area contributed by atoms with Crippen molar-refractivity contribution in [2.24, 2.45) is 0 Å². The SMILES string of the molecule is Oc1ccccc1C=C(c1ccccc1)c1ccccc1. The summed E-state index contributed by atoms with van der Waals surface area (Å²) in [6.07, 6.45) is 2.03. The van der Waals surface area contributed by atoms with Crippen molar-refractivity contribution in [1.29, 1.82) is 0 Å². The van der Waals surface area contributed by atoms with Gasteiger partial charge in [-0.25, -0.2) is 0 Å². The first kappa shape index (κ1) is 13.2. The Balaban J connectivity index is 2.16. The summed E-state index contributed by atoms with van der Waals surface area (Å²) >= 11 is 0. The van der Waals surface area contributed by atoms with Crippen molar-refractivity contribution in [1.82, 2.24) is 0 Å². The van der Waals surface area contributed by atoms with Crippen molar-refractivity contribution in [3.63, 3.8) is 0 Å². The molecule has 0 spiro atoms. The zero-order valence-electron chi connectivity index (χ0n) is 11.6. The third-order valence-corrected chi connectivity index (χ3v) is 3.41. The third-order valence-electron chi connectivity index (χ3n) is 3.41. The fourth-order valence-electron chi connectivity index (χ4n) is 2.33. The second-order valence-corrected chi connectivity index (χ2v) is 4.85. The quantitative estimate of drug-likeness (QED) is 0.667. The van der Waals surface area contributed by atoms with Crippen molar-refractivity contribution in [2.45, 2.75) is 0 Å². The number of para-hydroxylation sites is 1. The van der Waals surface area contributed by atoms with Crippen LogP contribution in [0.3, 0.4) is 0 Å². The van der Waals surface area contributed by atoms with Gasteiger partial charge in [0.05, 0.1) is 0 Å². The number of phenolic OH excluding ortho intramolecular Hbond substituents is 1. The molecule has 0 aliphatic carbocycles. The highest BCUT2D eigenvalue weighted by molar-refractivity contribution is 5.92. The smallest absolute Gasteiger partial charge is 0.122 e. The number of hydrogen-bond donors (Lipinski definition) is 1. The minimum atomic E-state index is 0.293. The molecule has 1 N–H and O–H groups in total. The molecular weight excluding hydrogens is 256 g/mol. The molecule has 0 aliphatic heterocycles. The highest BCUT2D eigenvalue weighted by Gasteiger charge is 2.06. The molecule has 0 aliphatic rings. The summed E-state index contributed by atoms with van der Waals surface area (Å²) in [7, 11) is 0. The fraction of sp³-hybridized carbons (Fsp3) is 0. The van der Waals surface area contributed by atoms with E-state index in [-0.39, 0.29) is 0 Å². The zero-order chi connectivity index (χ0) is 14.5. The summed E-state index contributed by atoms with van der Waals surface area (Å²) < 4.78 is 0. The molecule has 0 saturated carbocycles. The van der Waals surface area contributed by atoms with Crippen molar-refractivity contribution in [3.05, 3.63) is 102 Å². The minimum absolute atomic E-state index is 0.293. The van der Waals surface area contributed by atoms with Crippen molar-refractivity contribution >= 4 is 11.6 Å². The Kier molecular flexibility index (Phi) is 3.83. The predicted octanol–water partition coefficient (Wildman–Crippen LogP) is 4.98. The molecule has 0 bridgehead atoms. The summed E-state index contributed by atoms with van der Waals surface area (Å²) in [4.78, 5) is 0. The van der Waals surface area contributed by atoms with Crippen LogP contribution in [0.1, 0.15) is 16.7 Å². The van der Waals surface area contributed by atoms with E-state index in [1.165, 1.54) is 0 Å². The first-order valence-corrected chi connectivity index (χ1v) is 6.95. The van der Waals surface area contributed by atoms with Crippen LogP contribution in [0.2, 0.25) is 0 Å². The van der Waals surface area contributed by atoms with Gasteiger partial charge in [0.2, 0.25) is 0 Å². The van der Waals surface area contributed by atoms with Crippen LogP contribution >= 0.6 is 0 Å². The monoisotopic (exact) mass is 272 g/mol. The minimum Gasteiger partial charge on any atom is -0.507 e. The van der Waals surface area contributed by atoms with Gasteiger partial charge >= 0.3 is 0 Å². The number of benzene rings is 3. The fourth-order valence-corrected chi connectivity index (χ4v) is 2.33. The van der Waals surface area contributed by atoms with Gasteiger partial charge in [-0.15, -0.1) is 0 Å². The summed E-state index contributed by atoms with van der Waals surface area (Å²) in [5, 5.41) is 10.0. The highest BCUT2D eigenvalue weighted by atomic mass is 16.3. The van der Waals surface area contributed by atoms with Gasteiger partial charge in [0.15, 0.2) is 0 Å². The normalized spacial score (nSPS) is 10.1. The average molecular weight is 272 g/mol.